The molecule has 0 aliphatic rings. The maximum Gasteiger partial charge on any atom is 0.0389 e. The fourth-order valence-electron chi connectivity index (χ4n) is 1.34. The van der Waals surface area contributed by atoms with Crippen molar-refractivity contribution in [1.29, 1.82) is 0 Å². The van der Waals surface area contributed by atoms with Crippen LogP contribution in [-0.2, 0) is 6.54 Å². The van der Waals surface area contributed by atoms with E-state index >= 15 is 0 Å². The molecule has 0 aliphatic heterocycles. The average molecular weight is 302 g/mol. The fourth-order valence-corrected chi connectivity index (χ4v) is 3.50. The van der Waals surface area contributed by atoms with Crippen molar-refractivity contribution in [3.63, 3.8) is 0 Å². The summed E-state index contributed by atoms with van der Waals surface area (Å²) in [5.41, 5.74) is 0. The summed E-state index contributed by atoms with van der Waals surface area (Å²) in [6.45, 7) is 3.14. The third kappa shape index (κ3) is 3.14. The van der Waals surface area contributed by atoms with Crippen molar-refractivity contribution in [2.75, 3.05) is 0 Å². The summed E-state index contributed by atoms with van der Waals surface area (Å²) in [6.07, 6.45) is 0. The van der Waals surface area contributed by atoms with E-state index in [9.17, 15) is 0 Å². The Hall–Kier alpha value is -0.160. The molecule has 1 nitrogen and oxygen atoms in total. The monoisotopic (exact) mass is 301 g/mol. The van der Waals surface area contributed by atoms with E-state index < -0.39 is 0 Å². The number of rotatable bonds is 4. The lowest BCUT2D eigenvalue weighted by Crippen LogP contribution is -2.16. The van der Waals surface area contributed by atoms with Crippen LogP contribution in [0.15, 0.2) is 33.4 Å². The summed E-state index contributed by atoms with van der Waals surface area (Å²) in [4.78, 5) is 2.76. The van der Waals surface area contributed by atoms with Gasteiger partial charge in [0.05, 0.1) is 0 Å². The smallest absolute Gasteiger partial charge is 0.0389 e. The van der Waals surface area contributed by atoms with Crippen LogP contribution in [0, 0.1) is 0 Å². The van der Waals surface area contributed by atoms with Gasteiger partial charge in [-0.25, -0.2) is 0 Å². The Morgan fingerprint density at radius 1 is 1.47 bits per heavy atom. The molecule has 2 heterocycles. The number of halogens is 1. The van der Waals surface area contributed by atoms with Crippen LogP contribution in [0.1, 0.15) is 22.7 Å². The van der Waals surface area contributed by atoms with Crippen molar-refractivity contribution in [3.05, 3.63) is 43.2 Å². The lowest BCUT2D eigenvalue weighted by Gasteiger charge is -2.10. The van der Waals surface area contributed by atoms with Gasteiger partial charge in [0.1, 0.15) is 0 Å². The summed E-state index contributed by atoms with van der Waals surface area (Å²) >= 11 is 7.05. The quantitative estimate of drug-likeness (QED) is 0.881. The maximum atomic E-state index is 3.51. The lowest BCUT2D eigenvalue weighted by atomic mass is 10.3. The number of nitrogens with one attached hydrogen (secondary N) is 1. The van der Waals surface area contributed by atoms with E-state index in [-0.39, 0.29) is 0 Å². The van der Waals surface area contributed by atoms with E-state index in [1.165, 1.54) is 14.2 Å². The predicted molar refractivity (Wildman–Crippen MR) is 71.6 cm³/mol. The van der Waals surface area contributed by atoms with E-state index in [1.54, 1.807) is 22.7 Å². The normalized spacial score (nSPS) is 12.9. The van der Waals surface area contributed by atoms with Gasteiger partial charge in [0.25, 0.3) is 0 Å². The molecule has 15 heavy (non-hydrogen) atoms. The molecule has 2 rings (SSSR count). The molecular weight excluding hydrogens is 290 g/mol. The van der Waals surface area contributed by atoms with Gasteiger partial charge >= 0.3 is 0 Å². The standard InChI is InChI=1S/C11H12BrNS2/c1-8(11-3-2-4-14-11)13-6-10-5-9(12)7-15-10/h2-5,7-8,13H,6H2,1H3. The molecule has 0 spiro atoms. The predicted octanol–water partition coefficient (Wildman–Crippen LogP) is 4.42. The minimum Gasteiger partial charge on any atom is -0.305 e. The molecule has 0 aliphatic carbocycles. The van der Waals surface area contributed by atoms with Crippen LogP contribution >= 0.6 is 38.6 Å². The highest BCUT2D eigenvalue weighted by molar-refractivity contribution is 9.10. The first kappa shape index (κ1) is 11.3. The zero-order valence-corrected chi connectivity index (χ0v) is 11.6. The molecule has 0 bridgehead atoms. The highest BCUT2D eigenvalue weighted by Crippen LogP contribution is 2.22. The van der Waals surface area contributed by atoms with Gasteiger partial charge in [-0.2, -0.15) is 0 Å². The van der Waals surface area contributed by atoms with Gasteiger partial charge in [0.15, 0.2) is 0 Å². The van der Waals surface area contributed by atoms with Gasteiger partial charge in [-0.05, 0) is 40.4 Å². The third-order valence-corrected chi connectivity index (χ3v) is 4.93. The molecule has 2 aromatic heterocycles. The fraction of sp³-hybridized carbons (Fsp3) is 0.273. The Morgan fingerprint density at radius 3 is 2.93 bits per heavy atom. The van der Waals surface area contributed by atoms with Crippen LogP contribution < -0.4 is 5.32 Å². The second-order valence-corrected chi connectivity index (χ2v) is 6.24. The van der Waals surface area contributed by atoms with Gasteiger partial charge in [-0.3, -0.25) is 0 Å². The van der Waals surface area contributed by atoms with E-state index in [0.29, 0.717) is 6.04 Å². The molecule has 1 atom stereocenters. The molecule has 0 amide bonds. The molecular formula is C11H12BrNS2. The lowest BCUT2D eigenvalue weighted by molar-refractivity contribution is 0.587. The van der Waals surface area contributed by atoms with Crippen LogP contribution in [0.3, 0.4) is 0 Å². The minimum atomic E-state index is 0.436. The molecule has 0 radical (unpaired) electrons. The van der Waals surface area contributed by atoms with Crippen molar-refractivity contribution < 1.29 is 0 Å². The Kier molecular flexibility index (Phi) is 3.97. The Morgan fingerprint density at radius 2 is 2.33 bits per heavy atom. The Labute approximate surface area is 106 Å². The Bertz CT molecular complexity index is 408. The molecule has 2 aromatic rings. The zero-order chi connectivity index (χ0) is 10.7. The summed E-state index contributed by atoms with van der Waals surface area (Å²) in [7, 11) is 0. The molecule has 80 valence electrons. The minimum absolute atomic E-state index is 0.436. The van der Waals surface area contributed by atoms with Crippen molar-refractivity contribution in [1.82, 2.24) is 5.32 Å². The van der Waals surface area contributed by atoms with Crippen LogP contribution in [0.25, 0.3) is 0 Å². The first-order valence-corrected chi connectivity index (χ1v) is 7.30. The van der Waals surface area contributed by atoms with Crippen molar-refractivity contribution >= 4 is 38.6 Å². The summed E-state index contributed by atoms with van der Waals surface area (Å²) in [5.74, 6) is 0. The molecule has 0 saturated heterocycles. The van der Waals surface area contributed by atoms with Gasteiger partial charge in [-0.15, -0.1) is 22.7 Å². The van der Waals surface area contributed by atoms with Gasteiger partial charge < -0.3 is 5.32 Å². The Balaban J connectivity index is 1.88. The highest BCUT2D eigenvalue weighted by atomic mass is 79.9. The zero-order valence-electron chi connectivity index (χ0n) is 8.37. The first-order chi connectivity index (χ1) is 7.25. The molecule has 4 heteroatoms. The van der Waals surface area contributed by atoms with Gasteiger partial charge in [0, 0.05) is 32.2 Å². The molecule has 0 fully saturated rings. The second kappa shape index (κ2) is 5.25. The topological polar surface area (TPSA) is 12.0 Å². The van der Waals surface area contributed by atoms with Crippen LogP contribution in [0.2, 0.25) is 0 Å². The van der Waals surface area contributed by atoms with Crippen LogP contribution in [0.4, 0.5) is 0 Å². The van der Waals surface area contributed by atoms with Crippen molar-refractivity contribution in [2.24, 2.45) is 0 Å². The summed E-state index contributed by atoms with van der Waals surface area (Å²) in [5, 5.41) is 7.75. The second-order valence-electron chi connectivity index (χ2n) is 3.35. The van der Waals surface area contributed by atoms with E-state index in [2.05, 4.69) is 57.1 Å². The summed E-state index contributed by atoms with van der Waals surface area (Å²) in [6, 6.07) is 6.87. The highest BCUT2D eigenvalue weighted by Gasteiger charge is 2.05. The first-order valence-electron chi connectivity index (χ1n) is 4.75. The van der Waals surface area contributed by atoms with E-state index in [4.69, 9.17) is 0 Å². The van der Waals surface area contributed by atoms with E-state index in [0.717, 1.165) is 6.54 Å². The van der Waals surface area contributed by atoms with Gasteiger partial charge in [0.2, 0.25) is 0 Å². The van der Waals surface area contributed by atoms with Crippen LogP contribution in [-0.4, -0.2) is 0 Å². The third-order valence-electron chi connectivity index (χ3n) is 2.17. The van der Waals surface area contributed by atoms with E-state index in [1.807, 2.05) is 0 Å². The number of hydrogen-bond donors (Lipinski definition) is 1. The number of thiophene rings is 2. The summed E-state index contributed by atoms with van der Waals surface area (Å²) < 4.78 is 1.17. The molecule has 1 unspecified atom stereocenters. The molecule has 1 N–H and O–H groups in total. The SMILES string of the molecule is CC(NCc1cc(Br)cs1)c1cccs1. The van der Waals surface area contributed by atoms with Gasteiger partial charge in [-0.1, -0.05) is 6.07 Å². The van der Waals surface area contributed by atoms with Crippen molar-refractivity contribution in [2.45, 2.75) is 19.5 Å². The van der Waals surface area contributed by atoms with Crippen LogP contribution in [0.5, 0.6) is 0 Å². The molecule has 0 saturated carbocycles. The van der Waals surface area contributed by atoms with Crippen molar-refractivity contribution in [3.8, 4) is 0 Å². The number of hydrogen-bond acceptors (Lipinski definition) is 3. The average Bonchev–Trinajstić information content (AvgIpc) is 2.84. The largest absolute Gasteiger partial charge is 0.305 e. The maximum absolute atomic E-state index is 3.51. The molecule has 0 aromatic carbocycles.